The second kappa shape index (κ2) is 4.80. The number of ether oxygens (including phenoxy) is 1. The summed E-state index contributed by atoms with van der Waals surface area (Å²) in [4.78, 5) is 0. The van der Waals surface area contributed by atoms with Crippen molar-refractivity contribution >= 4 is 22.6 Å². The Labute approximate surface area is 57.5 Å². The minimum absolute atomic E-state index is 0.214. The highest BCUT2D eigenvalue weighted by molar-refractivity contribution is 14.1. The summed E-state index contributed by atoms with van der Waals surface area (Å²) in [5.41, 5.74) is 5.45. The number of halogens is 1. The third-order valence-corrected chi connectivity index (χ3v) is 1.71. The minimum atomic E-state index is 0.214. The molecule has 0 bridgehead atoms. The average Bonchev–Trinajstić information content (AvgIpc) is 1.68. The van der Waals surface area contributed by atoms with Gasteiger partial charge in [-0.05, 0) is 0 Å². The Bertz CT molecular complexity index is 42.7. The van der Waals surface area contributed by atoms with Gasteiger partial charge < -0.3 is 10.5 Å². The van der Waals surface area contributed by atoms with Gasteiger partial charge in [-0.25, -0.2) is 0 Å². The number of hydrogen-bond acceptors (Lipinski definition) is 2. The van der Waals surface area contributed by atoms with Crippen LogP contribution in [0, 0.1) is 0 Å². The SMILES string of the molecule is COC[C@@H](N)CI. The van der Waals surface area contributed by atoms with Crippen LogP contribution in [0.15, 0.2) is 0 Å². The molecule has 0 rings (SSSR count). The van der Waals surface area contributed by atoms with Crippen molar-refractivity contribution in [2.24, 2.45) is 5.73 Å². The Hall–Kier alpha value is 0.650. The fraction of sp³-hybridized carbons (Fsp3) is 1.00. The molecule has 0 unspecified atom stereocenters. The molecule has 2 N–H and O–H groups in total. The second-order valence-corrected chi connectivity index (χ2v) is 2.25. The molecule has 44 valence electrons. The lowest BCUT2D eigenvalue weighted by Crippen LogP contribution is -2.26. The number of nitrogens with two attached hydrogens (primary N) is 1. The van der Waals surface area contributed by atoms with Crippen molar-refractivity contribution in [1.29, 1.82) is 0 Å². The van der Waals surface area contributed by atoms with E-state index in [2.05, 4.69) is 22.6 Å². The molecule has 0 fully saturated rings. The molecular weight excluding hydrogens is 205 g/mol. The van der Waals surface area contributed by atoms with Gasteiger partial charge in [-0.3, -0.25) is 0 Å². The van der Waals surface area contributed by atoms with Gasteiger partial charge in [0.05, 0.1) is 6.61 Å². The van der Waals surface area contributed by atoms with Crippen LogP contribution in [0.25, 0.3) is 0 Å². The predicted molar refractivity (Wildman–Crippen MR) is 38.7 cm³/mol. The third-order valence-electron chi connectivity index (χ3n) is 0.579. The Morgan fingerprint density at radius 3 is 2.57 bits per heavy atom. The summed E-state index contributed by atoms with van der Waals surface area (Å²) < 4.78 is 5.73. The number of hydrogen-bond donors (Lipinski definition) is 1. The summed E-state index contributed by atoms with van der Waals surface area (Å²) in [6.07, 6.45) is 0. The van der Waals surface area contributed by atoms with Crippen LogP contribution < -0.4 is 5.73 Å². The van der Waals surface area contributed by atoms with Gasteiger partial charge in [0, 0.05) is 17.6 Å². The van der Waals surface area contributed by atoms with Crippen molar-refractivity contribution in [1.82, 2.24) is 0 Å². The molecule has 0 aliphatic rings. The topological polar surface area (TPSA) is 35.2 Å². The van der Waals surface area contributed by atoms with Crippen LogP contribution in [0.3, 0.4) is 0 Å². The molecule has 0 aliphatic heterocycles. The van der Waals surface area contributed by atoms with Crippen LogP contribution in [-0.4, -0.2) is 24.2 Å². The maximum atomic E-state index is 5.45. The zero-order valence-corrected chi connectivity index (χ0v) is 6.51. The van der Waals surface area contributed by atoms with E-state index < -0.39 is 0 Å². The Morgan fingerprint density at radius 2 is 2.43 bits per heavy atom. The fourth-order valence-corrected chi connectivity index (χ4v) is 0.513. The van der Waals surface area contributed by atoms with Crippen molar-refractivity contribution in [3.8, 4) is 0 Å². The summed E-state index contributed by atoms with van der Waals surface area (Å²) in [5.74, 6) is 0. The molecule has 2 nitrogen and oxygen atoms in total. The van der Waals surface area contributed by atoms with Crippen molar-refractivity contribution in [3.05, 3.63) is 0 Å². The molecule has 0 spiro atoms. The van der Waals surface area contributed by atoms with Crippen molar-refractivity contribution in [3.63, 3.8) is 0 Å². The van der Waals surface area contributed by atoms with Crippen LogP contribution in [0.5, 0.6) is 0 Å². The first-order valence-electron chi connectivity index (χ1n) is 2.11. The summed E-state index contributed by atoms with van der Waals surface area (Å²) in [6, 6.07) is 0.214. The van der Waals surface area contributed by atoms with E-state index in [1.54, 1.807) is 7.11 Å². The molecular formula is C4H10INO. The van der Waals surface area contributed by atoms with Gasteiger partial charge in [-0.2, -0.15) is 0 Å². The van der Waals surface area contributed by atoms with Crippen LogP contribution in [0.2, 0.25) is 0 Å². The molecule has 0 saturated heterocycles. The van der Waals surface area contributed by atoms with Crippen molar-refractivity contribution in [2.75, 3.05) is 18.1 Å². The molecule has 0 radical (unpaired) electrons. The molecule has 0 aromatic carbocycles. The van der Waals surface area contributed by atoms with E-state index in [0.29, 0.717) is 6.61 Å². The van der Waals surface area contributed by atoms with Crippen LogP contribution in [0.4, 0.5) is 0 Å². The Balaban J connectivity index is 2.83. The Morgan fingerprint density at radius 1 is 1.86 bits per heavy atom. The maximum Gasteiger partial charge on any atom is 0.0621 e. The standard InChI is InChI=1S/C4H10INO/c1-7-3-4(6)2-5/h4H,2-3,6H2,1H3/t4-/m0/s1. The smallest absolute Gasteiger partial charge is 0.0621 e. The second-order valence-electron chi connectivity index (χ2n) is 1.37. The van der Waals surface area contributed by atoms with Gasteiger partial charge in [-0.1, -0.05) is 22.6 Å². The number of rotatable bonds is 3. The first-order chi connectivity index (χ1) is 3.31. The monoisotopic (exact) mass is 215 g/mol. The van der Waals surface area contributed by atoms with E-state index in [4.69, 9.17) is 10.5 Å². The van der Waals surface area contributed by atoms with Gasteiger partial charge in [0.25, 0.3) is 0 Å². The molecule has 3 heteroatoms. The van der Waals surface area contributed by atoms with E-state index in [9.17, 15) is 0 Å². The summed E-state index contributed by atoms with van der Waals surface area (Å²) in [7, 11) is 1.66. The zero-order valence-electron chi connectivity index (χ0n) is 4.36. The zero-order chi connectivity index (χ0) is 5.70. The molecule has 0 saturated carbocycles. The molecule has 0 amide bonds. The summed E-state index contributed by atoms with van der Waals surface area (Å²) >= 11 is 2.23. The van der Waals surface area contributed by atoms with E-state index in [1.165, 1.54) is 0 Å². The van der Waals surface area contributed by atoms with Crippen LogP contribution in [-0.2, 0) is 4.74 Å². The first kappa shape index (κ1) is 7.65. The highest BCUT2D eigenvalue weighted by Crippen LogP contribution is 1.86. The van der Waals surface area contributed by atoms with Gasteiger partial charge >= 0.3 is 0 Å². The number of methoxy groups -OCH3 is 1. The largest absolute Gasteiger partial charge is 0.383 e. The van der Waals surface area contributed by atoms with Gasteiger partial charge in [0.2, 0.25) is 0 Å². The van der Waals surface area contributed by atoms with E-state index in [1.807, 2.05) is 0 Å². The normalized spacial score (nSPS) is 14.1. The van der Waals surface area contributed by atoms with Crippen molar-refractivity contribution < 1.29 is 4.74 Å². The lowest BCUT2D eigenvalue weighted by molar-refractivity contribution is 0.187. The van der Waals surface area contributed by atoms with Gasteiger partial charge in [-0.15, -0.1) is 0 Å². The third kappa shape index (κ3) is 4.50. The first-order valence-corrected chi connectivity index (χ1v) is 3.64. The van der Waals surface area contributed by atoms with Gasteiger partial charge in [0.1, 0.15) is 0 Å². The maximum absolute atomic E-state index is 5.45. The molecule has 0 heterocycles. The van der Waals surface area contributed by atoms with E-state index in [0.717, 1.165) is 4.43 Å². The average molecular weight is 215 g/mol. The number of alkyl halides is 1. The van der Waals surface area contributed by atoms with E-state index in [-0.39, 0.29) is 6.04 Å². The Kier molecular flexibility index (Phi) is 5.25. The van der Waals surface area contributed by atoms with Gasteiger partial charge in [0.15, 0.2) is 0 Å². The van der Waals surface area contributed by atoms with Crippen molar-refractivity contribution in [2.45, 2.75) is 6.04 Å². The highest BCUT2D eigenvalue weighted by atomic mass is 127. The predicted octanol–water partition coefficient (Wildman–Crippen LogP) is 0.395. The minimum Gasteiger partial charge on any atom is -0.383 e. The lowest BCUT2D eigenvalue weighted by atomic mass is 10.4. The molecule has 1 atom stereocenters. The molecule has 7 heavy (non-hydrogen) atoms. The summed E-state index contributed by atoms with van der Waals surface area (Å²) in [5, 5.41) is 0. The quantitative estimate of drug-likeness (QED) is 0.546. The molecule has 0 aliphatic carbocycles. The van der Waals surface area contributed by atoms with E-state index >= 15 is 0 Å². The highest BCUT2D eigenvalue weighted by Gasteiger charge is 1.94. The summed E-state index contributed by atoms with van der Waals surface area (Å²) in [6.45, 7) is 0.670. The fourth-order valence-electron chi connectivity index (χ4n) is 0.259. The molecule has 0 aromatic heterocycles. The van der Waals surface area contributed by atoms with Crippen LogP contribution in [0.1, 0.15) is 0 Å². The lowest BCUT2D eigenvalue weighted by Gasteiger charge is -2.02. The molecule has 0 aromatic rings. The van der Waals surface area contributed by atoms with Crippen LogP contribution >= 0.6 is 22.6 Å².